The van der Waals surface area contributed by atoms with Gasteiger partial charge >= 0.3 is 0 Å². The van der Waals surface area contributed by atoms with Gasteiger partial charge in [0.25, 0.3) is 0 Å². The quantitative estimate of drug-likeness (QED) is 0.817. The summed E-state index contributed by atoms with van der Waals surface area (Å²) < 4.78 is 26.0. The van der Waals surface area contributed by atoms with Gasteiger partial charge in [0, 0.05) is 24.1 Å². The predicted molar refractivity (Wildman–Crippen MR) is 65.7 cm³/mol. The Balaban J connectivity index is 2.47. The molecule has 1 aromatic carbocycles. The van der Waals surface area contributed by atoms with Crippen LogP contribution in [0, 0.1) is 17.6 Å². The second-order valence-electron chi connectivity index (χ2n) is 4.29. The van der Waals surface area contributed by atoms with Crippen molar-refractivity contribution in [2.45, 2.75) is 26.3 Å². The van der Waals surface area contributed by atoms with E-state index in [1.54, 1.807) is 6.92 Å². The van der Waals surface area contributed by atoms with E-state index >= 15 is 0 Å². The van der Waals surface area contributed by atoms with Gasteiger partial charge in [-0.15, -0.1) is 0 Å². The Morgan fingerprint density at radius 3 is 2.78 bits per heavy atom. The third kappa shape index (κ3) is 4.41. The Morgan fingerprint density at radius 1 is 1.44 bits per heavy atom. The number of nitrogens with two attached hydrogens (primary N) is 1. The van der Waals surface area contributed by atoms with Crippen LogP contribution in [0.2, 0.25) is 0 Å². The average Bonchev–Trinajstić information content (AvgIpc) is 2.34. The lowest BCUT2D eigenvalue weighted by Gasteiger charge is -2.12. The van der Waals surface area contributed by atoms with Crippen LogP contribution < -0.4 is 11.1 Å². The molecule has 1 aromatic rings. The zero-order valence-corrected chi connectivity index (χ0v) is 10.4. The lowest BCUT2D eigenvalue weighted by molar-refractivity contribution is -0.124. The zero-order chi connectivity index (χ0) is 13.5. The van der Waals surface area contributed by atoms with Crippen molar-refractivity contribution in [2.24, 2.45) is 11.7 Å². The number of amides is 1. The Kier molecular flexibility index (Phi) is 5.71. The molecule has 1 atom stereocenters. The van der Waals surface area contributed by atoms with Crippen LogP contribution in [0.4, 0.5) is 8.78 Å². The van der Waals surface area contributed by atoms with Crippen molar-refractivity contribution in [1.82, 2.24) is 5.32 Å². The van der Waals surface area contributed by atoms with Gasteiger partial charge in [-0.25, -0.2) is 8.78 Å². The van der Waals surface area contributed by atoms with Crippen molar-refractivity contribution in [3.8, 4) is 0 Å². The fourth-order valence-corrected chi connectivity index (χ4v) is 1.58. The van der Waals surface area contributed by atoms with Crippen LogP contribution in [0.15, 0.2) is 18.2 Å². The van der Waals surface area contributed by atoms with Crippen molar-refractivity contribution >= 4 is 5.91 Å². The molecule has 0 aliphatic rings. The number of nitrogens with one attached hydrogen (secondary N) is 1. The van der Waals surface area contributed by atoms with E-state index in [0.717, 1.165) is 12.5 Å². The number of hydrogen-bond donors (Lipinski definition) is 2. The van der Waals surface area contributed by atoms with E-state index < -0.39 is 11.6 Å². The molecular weight excluding hydrogens is 238 g/mol. The van der Waals surface area contributed by atoms with Gasteiger partial charge in [-0.05, 0) is 25.5 Å². The van der Waals surface area contributed by atoms with E-state index in [0.29, 0.717) is 13.0 Å². The first-order valence-electron chi connectivity index (χ1n) is 5.96. The molecule has 5 heteroatoms. The molecule has 100 valence electrons. The molecule has 1 unspecified atom stereocenters. The van der Waals surface area contributed by atoms with Crippen LogP contribution in [-0.2, 0) is 11.3 Å². The second-order valence-corrected chi connectivity index (χ2v) is 4.29. The van der Waals surface area contributed by atoms with Gasteiger partial charge in [-0.1, -0.05) is 13.0 Å². The van der Waals surface area contributed by atoms with Crippen LogP contribution in [0.1, 0.15) is 25.3 Å². The van der Waals surface area contributed by atoms with Gasteiger partial charge in [0.05, 0.1) is 0 Å². The number of carbonyl (C=O) groups is 1. The summed E-state index contributed by atoms with van der Waals surface area (Å²) in [7, 11) is 0. The third-order valence-electron chi connectivity index (χ3n) is 2.76. The Bertz CT molecular complexity index is 410. The minimum atomic E-state index is -0.648. The smallest absolute Gasteiger partial charge is 0.223 e. The van der Waals surface area contributed by atoms with Gasteiger partial charge in [-0.3, -0.25) is 4.79 Å². The maximum absolute atomic E-state index is 13.3. The summed E-state index contributed by atoms with van der Waals surface area (Å²) in [6, 6.07) is 3.30. The van der Waals surface area contributed by atoms with Crippen LogP contribution in [0.25, 0.3) is 0 Å². The van der Waals surface area contributed by atoms with Crippen molar-refractivity contribution in [2.75, 3.05) is 6.54 Å². The Labute approximate surface area is 105 Å². The number of benzene rings is 1. The molecule has 3 N–H and O–H groups in total. The molecule has 0 bridgehead atoms. The molecule has 0 radical (unpaired) electrons. The van der Waals surface area contributed by atoms with Gasteiger partial charge in [0.1, 0.15) is 11.6 Å². The summed E-state index contributed by atoms with van der Waals surface area (Å²) >= 11 is 0. The number of carbonyl (C=O) groups excluding carboxylic acids is 1. The monoisotopic (exact) mass is 256 g/mol. The van der Waals surface area contributed by atoms with Gasteiger partial charge < -0.3 is 11.1 Å². The van der Waals surface area contributed by atoms with Crippen molar-refractivity contribution < 1.29 is 13.6 Å². The fourth-order valence-electron chi connectivity index (χ4n) is 1.58. The fraction of sp³-hybridized carbons (Fsp3) is 0.462. The molecule has 3 nitrogen and oxygen atoms in total. The summed E-state index contributed by atoms with van der Waals surface area (Å²) in [4.78, 5) is 11.7. The summed E-state index contributed by atoms with van der Waals surface area (Å²) in [6.07, 6.45) is 1.48. The maximum atomic E-state index is 13.3. The van der Waals surface area contributed by atoms with E-state index in [2.05, 4.69) is 5.32 Å². The largest absolute Gasteiger partial charge is 0.352 e. The summed E-state index contributed by atoms with van der Waals surface area (Å²) in [6.45, 7) is 2.41. The number of hydrogen-bond acceptors (Lipinski definition) is 2. The van der Waals surface area contributed by atoms with Crippen molar-refractivity contribution in [1.29, 1.82) is 0 Å². The SMILES string of the molecule is CC(CCCN)C(=O)NCc1ccc(F)cc1F. The molecule has 1 rings (SSSR count). The van der Waals surface area contributed by atoms with E-state index in [1.165, 1.54) is 12.1 Å². The second kappa shape index (κ2) is 7.06. The lowest BCUT2D eigenvalue weighted by Crippen LogP contribution is -2.29. The molecule has 0 heterocycles. The first kappa shape index (κ1) is 14.6. The first-order valence-corrected chi connectivity index (χ1v) is 5.96. The highest BCUT2D eigenvalue weighted by atomic mass is 19.1. The molecule has 0 spiro atoms. The highest BCUT2D eigenvalue weighted by molar-refractivity contribution is 5.78. The van der Waals surface area contributed by atoms with Crippen LogP contribution >= 0.6 is 0 Å². The highest BCUT2D eigenvalue weighted by Gasteiger charge is 2.12. The van der Waals surface area contributed by atoms with E-state index in [9.17, 15) is 13.6 Å². The van der Waals surface area contributed by atoms with E-state index in [4.69, 9.17) is 5.73 Å². The molecule has 0 aliphatic heterocycles. The highest BCUT2D eigenvalue weighted by Crippen LogP contribution is 2.10. The minimum Gasteiger partial charge on any atom is -0.352 e. The standard InChI is InChI=1S/C13H18F2N2O/c1-9(3-2-6-16)13(18)17-8-10-4-5-11(14)7-12(10)15/h4-5,7,9H,2-3,6,8,16H2,1H3,(H,17,18). The minimum absolute atomic E-state index is 0.0674. The van der Waals surface area contributed by atoms with Gasteiger partial charge in [-0.2, -0.15) is 0 Å². The summed E-state index contributed by atoms with van der Waals surface area (Å²) in [5, 5.41) is 2.63. The summed E-state index contributed by atoms with van der Waals surface area (Å²) in [5.74, 6) is -1.58. The van der Waals surface area contributed by atoms with Crippen molar-refractivity contribution in [3.05, 3.63) is 35.4 Å². The molecule has 1 amide bonds. The van der Waals surface area contributed by atoms with Gasteiger partial charge in [0.2, 0.25) is 5.91 Å². The Hall–Kier alpha value is -1.49. The number of halogens is 2. The summed E-state index contributed by atoms with van der Waals surface area (Å²) in [5.41, 5.74) is 5.63. The Morgan fingerprint density at radius 2 is 2.17 bits per heavy atom. The van der Waals surface area contributed by atoms with Crippen molar-refractivity contribution in [3.63, 3.8) is 0 Å². The van der Waals surface area contributed by atoms with Crippen LogP contribution in [-0.4, -0.2) is 12.5 Å². The maximum Gasteiger partial charge on any atom is 0.223 e. The molecular formula is C13H18F2N2O. The van der Waals surface area contributed by atoms with Crippen LogP contribution in [0.3, 0.4) is 0 Å². The normalized spacial score (nSPS) is 12.2. The molecule has 18 heavy (non-hydrogen) atoms. The molecule has 0 saturated heterocycles. The molecule has 0 fully saturated rings. The molecule has 0 aromatic heterocycles. The molecule has 0 saturated carbocycles. The topological polar surface area (TPSA) is 55.1 Å². The lowest BCUT2D eigenvalue weighted by atomic mass is 10.0. The zero-order valence-electron chi connectivity index (χ0n) is 10.4. The van der Waals surface area contributed by atoms with E-state index in [-0.39, 0.29) is 23.9 Å². The molecule has 0 aliphatic carbocycles. The average molecular weight is 256 g/mol. The number of rotatable bonds is 6. The van der Waals surface area contributed by atoms with E-state index in [1.807, 2.05) is 0 Å². The van der Waals surface area contributed by atoms with Gasteiger partial charge in [0.15, 0.2) is 0 Å². The predicted octanol–water partition coefficient (Wildman–Crippen LogP) is 1.96. The van der Waals surface area contributed by atoms with Crippen LogP contribution in [0.5, 0.6) is 0 Å². The first-order chi connectivity index (χ1) is 8.54. The third-order valence-corrected chi connectivity index (χ3v) is 2.76.